The number of fused-ring (bicyclic) bond motifs is 10. The van der Waals surface area contributed by atoms with Gasteiger partial charge in [0, 0.05) is 12.8 Å². The Hall–Kier alpha value is -1.22. The third-order valence-corrected chi connectivity index (χ3v) is 21.6. The minimum atomic E-state index is -0.769. The van der Waals surface area contributed by atoms with Gasteiger partial charge in [-0.05, 0) is 207 Å². The van der Waals surface area contributed by atoms with Crippen molar-refractivity contribution in [2.75, 3.05) is 0 Å². The Labute approximate surface area is 337 Å². The molecule has 8 fully saturated rings. The molecule has 0 radical (unpaired) electrons. The molecular weight excluding hydrogens is 705 g/mol. The lowest BCUT2D eigenvalue weighted by Gasteiger charge is -2.66. The molecule has 8 aliphatic rings. The molecule has 8 saturated carbocycles. The van der Waals surface area contributed by atoms with Crippen molar-refractivity contribution in [3.05, 3.63) is 0 Å². The van der Waals surface area contributed by atoms with Crippen LogP contribution in [0.3, 0.4) is 0 Å². The van der Waals surface area contributed by atoms with Gasteiger partial charge < -0.3 is 30.6 Å². The van der Waals surface area contributed by atoms with Crippen LogP contribution < -0.4 is 0 Å². The Kier molecular flexibility index (Phi) is 10.9. The largest absolute Gasteiger partial charge is 0.481 e. The van der Waals surface area contributed by atoms with E-state index >= 15 is 0 Å². The van der Waals surface area contributed by atoms with Gasteiger partial charge in [-0.1, -0.05) is 41.5 Å². The summed E-state index contributed by atoms with van der Waals surface area (Å²) in [6.45, 7) is 14.1. The first-order valence-electron chi connectivity index (χ1n) is 23.5. The van der Waals surface area contributed by atoms with Crippen molar-refractivity contribution >= 4 is 11.9 Å². The lowest BCUT2D eigenvalue weighted by Crippen LogP contribution is -2.62. The van der Waals surface area contributed by atoms with E-state index in [1.54, 1.807) is 0 Å². The molecule has 6 N–H and O–H groups in total. The Bertz CT molecular complexity index is 1480. The molecule has 318 valence electrons. The van der Waals surface area contributed by atoms with Crippen LogP contribution in [0.5, 0.6) is 0 Å². The second-order valence-corrected chi connectivity index (χ2v) is 23.0. The van der Waals surface area contributed by atoms with Crippen LogP contribution in [0.1, 0.15) is 157 Å². The summed E-state index contributed by atoms with van der Waals surface area (Å²) in [7, 11) is 0. The third kappa shape index (κ3) is 6.14. The van der Waals surface area contributed by atoms with Gasteiger partial charge in [-0.3, -0.25) is 9.59 Å². The number of aliphatic carboxylic acids is 2. The number of carbonyl (C=O) groups is 2. The van der Waals surface area contributed by atoms with Crippen molar-refractivity contribution in [1.82, 2.24) is 0 Å². The van der Waals surface area contributed by atoms with Crippen LogP contribution in [-0.4, -0.2) is 67.0 Å². The zero-order valence-electron chi connectivity index (χ0n) is 35.6. The first kappa shape index (κ1) is 41.5. The number of aliphatic hydroxyl groups excluding tert-OH is 4. The minimum absolute atomic E-state index is 0.0116. The van der Waals surface area contributed by atoms with E-state index in [4.69, 9.17) is 0 Å². The van der Waals surface area contributed by atoms with E-state index in [2.05, 4.69) is 41.5 Å². The summed E-state index contributed by atoms with van der Waals surface area (Å²) >= 11 is 0. The summed E-state index contributed by atoms with van der Waals surface area (Å²) in [5, 5.41) is 67.2. The molecule has 0 aromatic heterocycles. The van der Waals surface area contributed by atoms with Gasteiger partial charge in [-0.2, -0.15) is 0 Å². The zero-order valence-corrected chi connectivity index (χ0v) is 35.6. The molecule has 0 saturated heterocycles. The zero-order chi connectivity index (χ0) is 40.3. The van der Waals surface area contributed by atoms with E-state index in [9.17, 15) is 40.2 Å². The van der Waals surface area contributed by atoms with E-state index in [0.717, 1.165) is 77.0 Å². The number of hydrogen-bond acceptors (Lipinski definition) is 6. The molecule has 0 aromatic rings. The second kappa shape index (κ2) is 14.8. The highest BCUT2D eigenvalue weighted by molar-refractivity contribution is 5.67. The van der Waals surface area contributed by atoms with E-state index in [-0.39, 0.29) is 87.9 Å². The van der Waals surface area contributed by atoms with Crippen LogP contribution in [0.15, 0.2) is 0 Å². The molecule has 0 amide bonds. The highest BCUT2D eigenvalue weighted by Gasteiger charge is 2.68. The van der Waals surface area contributed by atoms with E-state index < -0.39 is 30.3 Å². The molecule has 0 heterocycles. The van der Waals surface area contributed by atoms with Gasteiger partial charge in [0.2, 0.25) is 0 Å². The monoisotopic (exact) mass is 783 g/mol. The molecule has 0 aromatic carbocycles. The van der Waals surface area contributed by atoms with Gasteiger partial charge >= 0.3 is 11.9 Å². The summed E-state index contributed by atoms with van der Waals surface area (Å²) in [5.74, 6) is 2.44. The maximum atomic E-state index is 13.0. The summed E-state index contributed by atoms with van der Waals surface area (Å²) in [5.41, 5.74) is -0.582. The van der Waals surface area contributed by atoms with E-state index in [1.165, 1.54) is 6.42 Å². The Balaban J connectivity index is 1.09. The van der Waals surface area contributed by atoms with Crippen molar-refractivity contribution in [1.29, 1.82) is 0 Å². The quantitative estimate of drug-likeness (QED) is 0.136. The maximum Gasteiger partial charge on any atom is 0.303 e. The fraction of sp³-hybridized carbons (Fsp3) is 0.958. The number of carboxylic acids is 2. The van der Waals surface area contributed by atoms with Gasteiger partial charge in [-0.25, -0.2) is 0 Å². The maximum absolute atomic E-state index is 13.0. The number of rotatable bonds is 9. The number of aliphatic hydroxyl groups is 4. The molecule has 8 heteroatoms. The Morgan fingerprint density at radius 1 is 0.571 bits per heavy atom. The molecule has 8 aliphatic carbocycles. The van der Waals surface area contributed by atoms with Crippen LogP contribution >= 0.6 is 0 Å². The highest BCUT2D eigenvalue weighted by atomic mass is 16.4. The summed E-state index contributed by atoms with van der Waals surface area (Å²) in [4.78, 5) is 24.6. The van der Waals surface area contributed by atoms with Crippen LogP contribution in [-0.2, 0) is 9.59 Å². The number of hydrogen-bond donors (Lipinski definition) is 6. The SMILES string of the molecule is C[C@H](CCC(=O)O)[C@H]1CCC2C3CC[C@@H]4C[C@H](O)CC(C(CC(=O)O)[C@@H](C)[C@H]5CC[C@H]6[C@@H]7CCC8C[C@H](O)CC[C@]8(C)[C@H]7C[C@H](O)[C@]56C)[C@]4(C)C3C[C@H](O)[C@@]21C. The average Bonchev–Trinajstić information content (AvgIpc) is 3.69. The van der Waals surface area contributed by atoms with E-state index in [1.807, 2.05) is 0 Å². The molecule has 0 bridgehead atoms. The summed E-state index contributed by atoms with van der Waals surface area (Å²) in [6.07, 6.45) is 13.6. The van der Waals surface area contributed by atoms with Crippen molar-refractivity contribution < 1.29 is 40.2 Å². The number of carboxylic acid groups (broad SMARTS) is 2. The van der Waals surface area contributed by atoms with Crippen LogP contribution in [0, 0.1) is 105 Å². The minimum Gasteiger partial charge on any atom is -0.481 e. The first-order chi connectivity index (χ1) is 26.4. The van der Waals surface area contributed by atoms with E-state index in [0.29, 0.717) is 54.8 Å². The normalized spacial score (nSPS) is 53.9. The lowest BCUT2D eigenvalue weighted by atomic mass is 9.39. The standard InChI is InChI=1S/C48H78O8/c1-25(7-16-43(53)54)34-12-14-37-32-11-9-28-20-30(50)21-39(46(28,4)40(32)24-42(52)47(34,37)5)33(22-44(55)56)26(2)35-13-15-36-31-10-8-27-19-29(49)17-18-45(27,3)38(31)23-41(51)48(35,36)6/h25-42,49-52H,7-24H2,1-6H3,(H,53,54)(H,55,56)/t25-,26-,27?,28-,29-,30+,31+,32?,33?,34-,35-,36+,37?,38+,39?,40?,41+,42+,45+,46-,47-,48-/m1/s1. The van der Waals surface area contributed by atoms with Gasteiger partial charge in [0.1, 0.15) is 0 Å². The predicted molar refractivity (Wildman–Crippen MR) is 215 cm³/mol. The van der Waals surface area contributed by atoms with Crippen molar-refractivity contribution in [2.24, 2.45) is 105 Å². The lowest BCUT2D eigenvalue weighted by molar-refractivity contribution is -0.209. The molecule has 22 atom stereocenters. The van der Waals surface area contributed by atoms with Crippen LogP contribution in [0.25, 0.3) is 0 Å². The predicted octanol–water partition coefficient (Wildman–Crippen LogP) is 8.42. The van der Waals surface area contributed by atoms with Gasteiger partial charge in [0.25, 0.3) is 0 Å². The first-order valence-corrected chi connectivity index (χ1v) is 23.5. The van der Waals surface area contributed by atoms with Crippen molar-refractivity contribution in [3.63, 3.8) is 0 Å². The summed E-state index contributed by atoms with van der Waals surface area (Å²) < 4.78 is 0. The fourth-order valence-corrected chi connectivity index (χ4v) is 18.8. The third-order valence-electron chi connectivity index (χ3n) is 21.6. The van der Waals surface area contributed by atoms with Gasteiger partial charge in [0.15, 0.2) is 0 Å². The van der Waals surface area contributed by atoms with Gasteiger partial charge in [-0.15, -0.1) is 0 Å². The average molecular weight is 783 g/mol. The molecular formula is C48H78O8. The van der Waals surface area contributed by atoms with Crippen LogP contribution in [0.4, 0.5) is 0 Å². The fourth-order valence-electron chi connectivity index (χ4n) is 18.8. The molecule has 8 nitrogen and oxygen atoms in total. The summed E-state index contributed by atoms with van der Waals surface area (Å²) in [6, 6.07) is 0. The van der Waals surface area contributed by atoms with Crippen molar-refractivity contribution in [3.8, 4) is 0 Å². The Morgan fingerprint density at radius 2 is 1.14 bits per heavy atom. The molecule has 0 spiro atoms. The molecule has 56 heavy (non-hydrogen) atoms. The topological polar surface area (TPSA) is 156 Å². The second-order valence-electron chi connectivity index (χ2n) is 23.0. The van der Waals surface area contributed by atoms with Crippen molar-refractivity contribution in [2.45, 2.75) is 182 Å². The molecule has 6 unspecified atom stereocenters. The Morgan fingerprint density at radius 3 is 1.79 bits per heavy atom. The molecule has 0 aliphatic heterocycles. The van der Waals surface area contributed by atoms with Crippen LogP contribution in [0.2, 0.25) is 0 Å². The molecule has 8 rings (SSSR count). The highest BCUT2D eigenvalue weighted by Crippen LogP contribution is 2.73. The smallest absolute Gasteiger partial charge is 0.303 e. The van der Waals surface area contributed by atoms with Gasteiger partial charge in [0.05, 0.1) is 24.4 Å².